The summed E-state index contributed by atoms with van der Waals surface area (Å²) < 4.78 is 14.3. The topological polar surface area (TPSA) is 38.0 Å². The van der Waals surface area contributed by atoms with Crippen LogP contribution >= 0.6 is 0 Å². The number of hydrogen-bond acceptors (Lipinski definition) is 2. The molecule has 3 N–H and O–H groups in total. The SMILES string of the molecule is Cc1cc(C)c(C(Cc2cc(C)ccc2C)NN)c(F)c1. The molecule has 0 radical (unpaired) electrons. The van der Waals surface area contributed by atoms with E-state index in [1.807, 2.05) is 19.9 Å². The summed E-state index contributed by atoms with van der Waals surface area (Å²) in [4.78, 5) is 0. The zero-order chi connectivity index (χ0) is 15.6. The van der Waals surface area contributed by atoms with Crippen molar-refractivity contribution < 1.29 is 4.39 Å². The van der Waals surface area contributed by atoms with E-state index in [1.54, 1.807) is 6.07 Å². The lowest BCUT2D eigenvalue weighted by molar-refractivity contribution is 0.506. The molecule has 0 fully saturated rings. The molecule has 0 aromatic heterocycles. The third-order valence-electron chi connectivity index (χ3n) is 3.96. The van der Waals surface area contributed by atoms with E-state index in [0.717, 1.165) is 11.1 Å². The average molecular weight is 286 g/mol. The van der Waals surface area contributed by atoms with E-state index in [0.29, 0.717) is 12.0 Å². The van der Waals surface area contributed by atoms with Gasteiger partial charge in [-0.05, 0) is 62.4 Å². The maximum absolute atomic E-state index is 14.3. The maximum Gasteiger partial charge on any atom is 0.128 e. The van der Waals surface area contributed by atoms with Gasteiger partial charge in [-0.3, -0.25) is 11.3 Å². The lowest BCUT2D eigenvalue weighted by atomic mass is 9.92. The van der Waals surface area contributed by atoms with Gasteiger partial charge < -0.3 is 0 Å². The average Bonchev–Trinajstić information content (AvgIpc) is 2.40. The fourth-order valence-electron chi connectivity index (χ4n) is 2.85. The normalized spacial score (nSPS) is 12.5. The molecule has 1 atom stereocenters. The van der Waals surface area contributed by atoms with Crippen LogP contribution < -0.4 is 11.3 Å². The minimum atomic E-state index is -0.230. The highest BCUT2D eigenvalue weighted by Crippen LogP contribution is 2.26. The van der Waals surface area contributed by atoms with Gasteiger partial charge in [-0.2, -0.15) is 0 Å². The molecular formula is C18H23FN2. The molecule has 2 aromatic rings. The Bertz CT molecular complexity index is 627. The summed E-state index contributed by atoms with van der Waals surface area (Å²) in [5.74, 6) is 5.51. The van der Waals surface area contributed by atoms with Crippen molar-refractivity contribution in [2.75, 3.05) is 0 Å². The Morgan fingerprint density at radius 2 is 1.71 bits per heavy atom. The summed E-state index contributed by atoms with van der Waals surface area (Å²) >= 11 is 0. The maximum atomic E-state index is 14.3. The van der Waals surface area contributed by atoms with Crippen LogP contribution in [-0.2, 0) is 6.42 Å². The monoisotopic (exact) mass is 286 g/mol. The molecule has 2 rings (SSSR count). The second-order valence-electron chi connectivity index (χ2n) is 5.83. The molecule has 1 unspecified atom stereocenters. The first-order chi connectivity index (χ1) is 9.92. The van der Waals surface area contributed by atoms with Gasteiger partial charge in [0.25, 0.3) is 0 Å². The van der Waals surface area contributed by atoms with Crippen molar-refractivity contribution in [1.29, 1.82) is 0 Å². The van der Waals surface area contributed by atoms with Crippen molar-refractivity contribution in [3.63, 3.8) is 0 Å². The van der Waals surface area contributed by atoms with Gasteiger partial charge in [-0.25, -0.2) is 4.39 Å². The third-order valence-corrected chi connectivity index (χ3v) is 3.96. The van der Waals surface area contributed by atoms with Crippen LogP contribution in [0, 0.1) is 33.5 Å². The largest absolute Gasteiger partial charge is 0.271 e. The zero-order valence-corrected chi connectivity index (χ0v) is 13.1. The Balaban J connectivity index is 2.39. The van der Waals surface area contributed by atoms with Gasteiger partial charge in [0.1, 0.15) is 5.82 Å². The van der Waals surface area contributed by atoms with Gasteiger partial charge in [0.2, 0.25) is 0 Å². The Labute approximate surface area is 126 Å². The number of hydrogen-bond donors (Lipinski definition) is 2. The number of nitrogens with one attached hydrogen (secondary N) is 1. The molecule has 0 spiro atoms. The van der Waals surface area contributed by atoms with Gasteiger partial charge in [-0.1, -0.05) is 29.8 Å². The highest BCUT2D eigenvalue weighted by molar-refractivity contribution is 5.37. The van der Waals surface area contributed by atoms with Crippen molar-refractivity contribution in [2.24, 2.45) is 5.84 Å². The molecule has 0 saturated heterocycles. The number of hydrazine groups is 1. The van der Waals surface area contributed by atoms with Crippen LogP contribution in [0.4, 0.5) is 4.39 Å². The van der Waals surface area contributed by atoms with Crippen LogP contribution in [0.25, 0.3) is 0 Å². The van der Waals surface area contributed by atoms with E-state index in [2.05, 4.69) is 37.5 Å². The molecular weight excluding hydrogens is 263 g/mol. The van der Waals surface area contributed by atoms with Crippen LogP contribution in [0.2, 0.25) is 0 Å². The summed E-state index contributed by atoms with van der Waals surface area (Å²) in [5.41, 5.74) is 8.88. The Morgan fingerprint density at radius 1 is 1.00 bits per heavy atom. The predicted molar refractivity (Wildman–Crippen MR) is 85.6 cm³/mol. The van der Waals surface area contributed by atoms with Crippen LogP contribution in [0.15, 0.2) is 30.3 Å². The fourth-order valence-corrected chi connectivity index (χ4v) is 2.85. The second kappa shape index (κ2) is 6.37. The highest BCUT2D eigenvalue weighted by atomic mass is 19.1. The molecule has 0 aliphatic carbocycles. The molecule has 0 aliphatic heterocycles. The van der Waals surface area contributed by atoms with E-state index in [9.17, 15) is 4.39 Å². The van der Waals surface area contributed by atoms with Crippen LogP contribution in [0.3, 0.4) is 0 Å². The van der Waals surface area contributed by atoms with Crippen molar-refractivity contribution >= 4 is 0 Å². The van der Waals surface area contributed by atoms with Gasteiger partial charge >= 0.3 is 0 Å². The van der Waals surface area contributed by atoms with Gasteiger partial charge in [0.15, 0.2) is 0 Å². The molecule has 112 valence electrons. The summed E-state index contributed by atoms with van der Waals surface area (Å²) in [7, 11) is 0. The van der Waals surface area contributed by atoms with E-state index in [1.165, 1.54) is 16.7 Å². The lowest BCUT2D eigenvalue weighted by Crippen LogP contribution is -2.31. The second-order valence-corrected chi connectivity index (χ2v) is 5.83. The predicted octanol–water partition coefficient (Wildman–Crippen LogP) is 3.81. The first-order valence-corrected chi connectivity index (χ1v) is 7.21. The lowest BCUT2D eigenvalue weighted by Gasteiger charge is -2.21. The van der Waals surface area contributed by atoms with Gasteiger partial charge in [-0.15, -0.1) is 0 Å². The Kier molecular flexibility index (Phi) is 4.76. The smallest absolute Gasteiger partial charge is 0.128 e. The van der Waals surface area contributed by atoms with Gasteiger partial charge in [0, 0.05) is 5.56 Å². The molecule has 0 amide bonds. The summed E-state index contributed by atoms with van der Waals surface area (Å²) in [6.07, 6.45) is 0.671. The summed E-state index contributed by atoms with van der Waals surface area (Å²) in [6, 6.07) is 9.65. The highest BCUT2D eigenvalue weighted by Gasteiger charge is 2.18. The molecule has 0 bridgehead atoms. The Morgan fingerprint density at radius 3 is 2.33 bits per heavy atom. The van der Waals surface area contributed by atoms with Crippen molar-refractivity contribution in [3.05, 3.63) is 69.5 Å². The fraction of sp³-hybridized carbons (Fsp3) is 0.333. The van der Waals surface area contributed by atoms with Gasteiger partial charge in [0.05, 0.1) is 6.04 Å². The molecule has 2 aromatic carbocycles. The minimum absolute atomic E-state index is 0.194. The number of aryl methyl sites for hydroxylation is 4. The summed E-state index contributed by atoms with van der Waals surface area (Å²) in [6.45, 7) is 7.96. The molecule has 21 heavy (non-hydrogen) atoms. The van der Waals surface area contributed by atoms with E-state index < -0.39 is 0 Å². The first-order valence-electron chi connectivity index (χ1n) is 7.21. The summed E-state index contributed by atoms with van der Waals surface area (Å²) in [5, 5.41) is 0. The quantitative estimate of drug-likeness (QED) is 0.662. The van der Waals surface area contributed by atoms with Crippen molar-refractivity contribution in [1.82, 2.24) is 5.43 Å². The molecule has 0 saturated carbocycles. The van der Waals surface area contributed by atoms with Crippen LogP contribution in [-0.4, -0.2) is 0 Å². The number of nitrogens with two attached hydrogens (primary N) is 1. The number of benzene rings is 2. The standard InChI is InChI=1S/C18H23FN2/c1-11-5-6-13(3)15(8-11)10-17(21-20)18-14(4)7-12(2)9-16(18)19/h5-9,17,21H,10,20H2,1-4H3. The first kappa shape index (κ1) is 15.7. The zero-order valence-electron chi connectivity index (χ0n) is 13.1. The van der Waals surface area contributed by atoms with Crippen molar-refractivity contribution in [2.45, 2.75) is 40.2 Å². The molecule has 0 heterocycles. The van der Waals surface area contributed by atoms with E-state index >= 15 is 0 Å². The number of halogens is 1. The molecule has 0 aliphatic rings. The molecule has 3 heteroatoms. The Hall–Kier alpha value is -1.71. The van der Waals surface area contributed by atoms with Crippen molar-refractivity contribution in [3.8, 4) is 0 Å². The van der Waals surface area contributed by atoms with E-state index in [-0.39, 0.29) is 11.9 Å². The van der Waals surface area contributed by atoms with Crippen LogP contribution in [0.5, 0.6) is 0 Å². The van der Waals surface area contributed by atoms with Crippen LogP contribution in [0.1, 0.15) is 39.4 Å². The molecule has 2 nitrogen and oxygen atoms in total. The van der Waals surface area contributed by atoms with E-state index in [4.69, 9.17) is 5.84 Å². The minimum Gasteiger partial charge on any atom is -0.271 e. The third kappa shape index (κ3) is 3.49. The number of rotatable bonds is 4.